The van der Waals surface area contributed by atoms with Gasteiger partial charge in [-0.15, -0.1) is 0 Å². The maximum absolute atomic E-state index is 10.1. The van der Waals surface area contributed by atoms with Crippen molar-refractivity contribution in [2.45, 2.75) is 39.3 Å². The van der Waals surface area contributed by atoms with E-state index < -0.39 is 0 Å². The predicted octanol–water partition coefficient (Wildman–Crippen LogP) is 6.27. The Bertz CT molecular complexity index is 1220. The SMILES string of the molecule is CC1=C(c2ccc(O)cc2)[C@@H](c2ccc(OC[C@H](C)N3CC[C@@H](C)C3)cc2)Oc2ccc(O)cc21. The fourth-order valence-corrected chi connectivity index (χ4v) is 5.12. The first-order valence-corrected chi connectivity index (χ1v) is 12.4. The van der Waals surface area contributed by atoms with Gasteiger partial charge in [-0.25, -0.2) is 0 Å². The van der Waals surface area contributed by atoms with E-state index in [0.29, 0.717) is 12.6 Å². The molecule has 0 radical (unpaired) electrons. The van der Waals surface area contributed by atoms with Gasteiger partial charge in [-0.05, 0) is 91.9 Å². The molecule has 0 aromatic heterocycles. The Balaban J connectivity index is 1.40. The van der Waals surface area contributed by atoms with Crippen molar-refractivity contribution in [3.63, 3.8) is 0 Å². The summed E-state index contributed by atoms with van der Waals surface area (Å²) in [5.41, 5.74) is 4.89. The van der Waals surface area contributed by atoms with Gasteiger partial charge in [0.15, 0.2) is 0 Å². The first-order valence-electron chi connectivity index (χ1n) is 12.4. The van der Waals surface area contributed by atoms with Crippen LogP contribution in [0, 0.1) is 5.92 Å². The van der Waals surface area contributed by atoms with Crippen molar-refractivity contribution in [1.29, 1.82) is 0 Å². The molecule has 2 N–H and O–H groups in total. The van der Waals surface area contributed by atoms with Gasteiger partial charge >= 0.3 is 0 Å². The molecule has 1 saturated heterocycles. The highest BCUT2D eigenvalue weighted by Crippen LogP contribution is 2.47. The van der Waals surface area contributed by atoms with E-state index in [2.05, 4.69) is 30.9 Å². The van der Waals surface area contributed by atoms with Crippen LogP contribution < -0.4 is 9.47 Å². The molecule has 1 fully saturated rings. The minimum atomic E-state index is -0.323. The molecule has 5 rings (SSSR count). The van der Waals surface area contributed by atoms with E-state index in [9.17, 15) is 10.2 Å². The number of ether oxygens (including phenoxy) is 2. The van der Waals surface area contributed by atoms with Crippen LogP contribution >= 0.6 is 0 Å². The van der Waals surface area contributed by atoms with Crippen LogP contribution in [-0.4, -0.2) is 40.9 Å². The zero-order valence-corrected chi connectivity index (χ0v) is 20.6. The summed E-state index contributed by atoms with van der Waals surface area (Å²) in [6, 6.07) is 20.9. The van der Waals surface area contributed by atoms with Gasteiger partial charge in [-0.2, -0.15) is 0 Å². The lowest BCUT2D eigenvalue weighted by atomic mass is 9.86. The number of phenolic OH excluding ortho intramolecular Hbond substituents is 2. The lowest BCUT2D eigenvalue weighted by Gasteiger charge is -2.31. The molecule has 5 nitrogen and oxygen atoms in total. The van der Waals surface area contributed by atoms with E-state index in [-0.39, 0.29) is 17.6 Å². The van der Waals surface area contributed by atoms with Gasteiger partial charge in [0.05, 0.1) is 0 Å². The second-order valence-electron chi connectivity index (χ2n) is 9.88. The minimum absolute atomic E-state index is 0.203. The first kappa shape index (κ1) is 23.3. The maximum atomic E-state index is 10.1. The number of rotatable bonds is 6. The summed E-state index contributed by atoms with van der Waals surface area (Å²) in [7, 11) is 0. The Labute approximate surface area is 207 Å². The first-order chi connectivity index (χ1) is 16.9. The third-order valence-corrected chi connectivity index (χ3v) is 7.21. The number of phenols is 2. The molecule has 0 unspecified atom stereocenters. The van der Waals surface area contributed by atoms with Crippen LogP contribution in [0.15, 0.2) is 66.7 Å². The molecule has 5 heteroatoms. The zero-order valence-electron chi connectivity index (χ0n) is 20.6. The topological polar surface area (TPSA) is 62.2 Å². The van der Waals surface area contributed by atoms with Gasteiger partial charge in [0.25, 0.3) is 0 Å². The van der Waals surface area contributed by atoms with E-state index >= 15 is 0 Å². The molecular weight excluding hydrogens is 438 g/mol. The zero-order chi connectivity index (χ0) is 24.5. The van der Waals surface area contributed by atoms with Gasteiger partial charge < -0.3 is 19.7 Å². The van der Waals surface area contributed by atoms with Crippen molar-refractivity contribution in [2.75, 3.05) is 19.7 Å². The summed E-state index contributed by atoms with van der Waals surface area (Å²) in [6.07, 6.45) is 0.940. The number of nitrogens with zero attached hydrogens (tertiary/aromatic N) is 1. The van der Waals surface area contributed by atoms with Gasteiger partial charge in [0.1, 0.15) is 35.7 Å². The molecule has 0 amide bonds. The molecule has 3 aromatic rings. The van der Waals surface area contributed by atoms with Gasteiger partial charge in [-0.1, -0.05) is 31.2 Å². The van der Waals surface area contributed by atoms with Crippen LogP contribution in [0.4, 0.5) is 0 Å². The summed E-state index contributed by atoms with van der Waals surface area (Å²) in [4.78, 5) is 2.50. The number of benzene rings is 3. The standard InChI is InChI=1S/C30H33NO4/c1-19-14-15-31(17-19)20(2)18-34-26-11-6-23(7-12-26)30-29(22-4-8-24(32)9-5-22)21(3)27-16-25(33)10-13-28(27)35-30/h4-13,16,19-20,30,32-33H,14-15,17-18H2,1-3H3/t19-,20+,30-/m1/s1. The highest BCUT2D eigenvalue weighted by atomic mass is 16.5. The lowest BCUT2D eigenvalue weighted by Crippen LogP contribution is -2.35. The fraction of sp³-hybridized carbons (Fsp3) is 0.333. The van der Waals surface area contributed by atoms with E-state index in [0.717, 1.165) is 58.3 Å². The molecule has 35 heavy (non-hydrogen) atoms. The third-order valence-electron chi connectivity index (χ3n) is 7.21. The molecule has 2 aliphatic heterocycles. The molecule has 2 aliphatic rings. The number of fused-ring (bicyclic) bond motifs is 1. The molecular formula is C30H33NO4. The second-order valence-corrected chi connectivity index (χ2v) is 9.88. The summed E-state index contributed by atoms with van der Waals surface area (Å²) >= 11 is 0. The Hall–Kier alpha value is -3.44. The van der Waals surface area contributed by atoms with Crippen LogP contribution in [-0.2, 0) is 0 Å². The van der Waals surface area contributed by atoms with Gasteiger partial charge in [0, 0.05) is 23.7 Å². The summed E-state index contributed by atoms with van der Waals surface area (Å²) < 4.78 is 12.6. The monoisotopic (exact) mass is 471 g/mol. The molecule has 2 heterocycles. The molecule has 3 atom stereocenters. The van der Waals surface area contributed by atoms with Crippen LogP contribution in [0.1, 0.15) is 50.0 Å². The molecule has 0 spiro atoms. The maximum Gasteiger partial charge on any atom is 0.150 e. The Morgan fingerprint density at radius 1 is 1.00 bits per heavy atom. The Kier molecular flexibility index (Phi) is 6.44. The smallest absolute Gasteiger partial charge is 0.150 e. The predicted molar refractivity (Wildman–Crippen MR) is 139 cm³/mol. The number of hydrogen-bond acceptors (Lipinski definition) is 5. The summed E-state index contributed by atoms with van der Waals surface area (Å²) in [5.74, 6) is 2.77. The van der Waals surface area contributed by atoms with Crippen molar-refractivity contribution in [1.82, 2.24) is 4.90 Å². The average molecular weight is 472 g/mol. The molecule has 0 aliphatic carbocycles. The Morgan fingerprint density at radius 3 is 2.40 bits per heavy atom. The molecule has 0 bridgehead atoms. The summed E-state index contributed by atoms with van der Waals surface area (Å²) in [5, 5.41) is 19.9. The Morgan fingerprint density at radius 2 is 1.71 bits per heavy atom. The van der Waals surface area contributed by atoms with Crippen LogP contribution in [0.3, 0.4) is 0 Å². The van der Waals surface area contributed by atoms with Crippen molar-refractivity contribution in [3.8, 4) is 23.0 Å². The lowest BCUT2D eigenvalue weighted by molar-refractivity contribution is 0.169. The number of allylic oxidation sites excluding steroid dienone is 1. The van der Waals surface area contributed by atoms with E-state index in [4.69, 9.17) is 9.47 Å². The number of hydrogen-bond donors (Lipinski definition) is 2. The third kappa shape index (κ3) is 4.87. The van der Waals surface area contributed by atoms with Gasteiger partial charge in [0.2, 0.25) is 0 Å². The van der Waals surface area contributed by atoms with Gasteiger partial charge in [-0.3, -0.25) is 4.90 Å². The normalized spacial score (nSPS) is 20.9. The van der Waals surface area contributed by atoms with E-state index in [1.165, 1.54) is 6.42 Å². The number of aromatic hydroxyl groups is 2. The van der Waals surface area contributed by atoms with Crippen molar-refractivity contribution in [2.24, 2.45) is 5.92 Å². The average Bonchev–Trinajstić information content (AvgIpc) is 3.30. The van der Waals surface area contributed by atoms with Crippen LogP contribution in [0.2, 0.25) is 0 Å². The number of likely N-dealkylation sites (tertiary alicyclic amines) is 1. The van der Waals surface area contributed by atoms with E-state index in [1.54, 1.807) is 24.3 Å². The van der Waals surface area contributed by atoms with E-state index in [1.807, 2.05) is 37.3 Å². The largest absolute Gasteiger partial charge is 0.508 e. The fourth-order valence-electron chi connectivity index (χ4n) is 5.12. The van der Waals surface area contributed by atoms with Crippen molar-refractivity contribution < 1.29 is 19.7 Å². The highest BCUT2D eigenvalue weighted by Gasteiger charge is 2.30. The molecule has 3 aromatic carbocycles. The van der Waals surface area contributed by atoms with Crippen molar-refractivity contribution in [3.05, 3.63) is 83.4 Å². The quantitative estimate of drug-likeness (QED) is 0.444. The molecule has 182 valence electrons. The minimum Gasteiger partial charge on any atom is -0.508 e. The van der Waals surface area contributed by atoms with Crippen LogP contribution in [0.25, 0.3) is 11.1 Å². The van der Waals surface area contributed by atoms with Crippen molar-refractivity contribution >= 4 is 11.1 Å². The second kappa shape index (κ2) is 9.67. The van der Waals surface area contributed by atoms with Crippen LogP contribution in [0.5, 0.6) is 23.0 Å². The highest BCUT2D eigenvalue weighted by molar-refractivity contribution is 5.95. The summed E-state index contributed by atoms with van der Waals surface area (Å²) in [6.45, 7) is 9.55. The molecule has 0 saturated carbocycles.